The molecule has 6 nitrogen and oxygen atoms in total. The average molecular weight is 470 g/mol. The maximum Gasteiger partial charge on any atom is 0.260 e. The van der Waals surface area contributed by atoms with E-state index in [1.54, 1.807) is 18.2 Å². The molecule has 3 rings (SSSR count). The Labute approximate surface area is 158 Å². The van der Waals surface area contributed by atoms with Crippen LogP contribution in [0.3, 0.4) is 0 Å². The fraction of sp³-hybridized carbons (Fsp3) is 0.118. The topological polar surface area (TPSA) is 91.2 Å². The number of nitrogens with one attached hydrogen (secondary N) is 1. The molecule has 2 heterocycles. The molecule has 1 saturated heterocycles. The SMILES string of the molecule is O=C1NC(O)S/C1=C\c1ccc(OC/C(=N\O)C2=CC=IC=C2)cc1. The van der Waals surface area contributed by atoms with Gasteiger partial charge in [-0.1, -0.05) is 49.8 Å². The number of thioether (sulfide) groups is 1. The lowest BCUT2D eigenvalue weighted by atomic mass is 10.1. The Balaban J connectivity index is 1.62. The quantitative estimate of drug-likeness (QED) is 0.202. The Morgan fingerprint density at radius 2 is 2.20 bits per heavy atom. The summed E-state index contributed by atoms with van der Waals surface area (Å²) in [4.78, 5) is 12.0. The fourth-order valence-electron chi connectivity index (χ4n) is 2.12. The van der Waals surface area contributed by atoms with Gasteiger partial charge in [-0.25, -0.2) is 0 Å². The molecule has 1 amide bonds. The summed E-state index contributed by atoms with van der Waals surface area (Å²) in [6, 6.07) is 7.18. The molecule has 1 unspecified atom stereocenters. The predicted molar refractivity (Wildman–Crippen MR) is 108 cm³/mol. The zero-order chi connectivity index (χ0) is 17.6. The van der Waals surface area contributed by atoms with E-state index in [9.17, 15) is 9.90 Å². The van der Waals surface area contributed by atoms with Crippen molar-refractivity contribution < 1.29 is 19.8 Å². The number of hydrogen-bond acceptors (Lipinski definition) is 6. The van der Waals surface area contributed by atoms with E-state index >= 15 is 0 Å². The summed E-state index contributed by atoms with van der Waals surface area (Å²) < 4.78 is 9.85. The van der Waals surface area contributed by atoms with Crippen LogP contribution in [0.1, 0.15) is 5.56 Å². The van der Waals surface area contributed by atoms with Crippen molar-refractivity contribution in [3.8, 4) is 5.75 Å². The number of carbonyl (C=O) groups excluding carboxylic acids is 1. The number of aliphatic hydroxyl groups excluding tert-OH is 1. The number of hydrogen-bond donors (Lipinski definition) is 3. The monoisotopic (exact) mass is 470 g/mol. The third-order valence-electron chi connectivity index (χ3n) is 3.35. The molecule has 0 aromatic heterocycles. The number of oxime groups is 1. The standard InChI is InChI=1S/C17H15IN2O4S/c21-16-15(25-17(22)19-16)9-11-1-3-13(4-2-11)24-10-14(20-23)12-5-7-18-8-6-12/h1-9,17,22-23H,10H2,(H,19,21)/b15-9-,20-14+. The first kappa shape index (κ1) is 17.9. The number of halogens is 1. The van der Waals surface area contributed by atoms with Crippen molar-refractivity contribution in [2.75, 3.05) is 6.61 Å². The maximum atomic E-state index is 11.6. The molecule has 25 heavy (non-hydrogen) atoms. The molecule has 0 aliphatic carbocycles. The Morgan fingerprint density at radius 3 is 2.80 bits per heavy atom. The fourth-order valence-corrected chi connectivity index (χ4v) is 4.32. The van der Waals surface area contributed by atoms with E-state index < -0.39 is 5.56 Å². The third kappa shape index (κ3) is 4.80. The lowest BCUT2D eigenvalue weighted by Gasteiger charge is -2.09. The van der Waals surface area contributed by atoms with Gasteiger partial charge < -0.3 is 20.4 Å². The summed E-state index contributed by atoms with van der Waals surface area (Å²) >= 11 is 1.05. The minimum Gasteiger partial charge on any atom is -0.487 e. The van der Waals surface area contributed by atoms with Gasteiger partial charge in [0.15, 0.2) is 5.56 Å². The molecule has 1 fully saturated rings. The van der Waals surface area contributed by atoms with Crippen LogP contribution < -0.4 is 10.1 Å². The number of amides is 1. The number of benzene rings is 1. The van der Waals surface area contributed by atoms with Gasteiger partial charge in [-0.2, -0.15) is 0 Å². The number of ether oxygens (including phenoxy) is 1. The van der Waals surface area contributed by atoms with Gasteiger partial charge in [-0.3, -0.25) is 4.79 Å². The Hall–Kier alpha value is -1.91. The van der Waals surface area contributed by atoms with Crippen molar-refractivity contribution in [2.24, 2.45) is 5.16 Å². The predicted octanol–water partition coefficient (Wildman–Crippen LogP) is 2.60. The van der Waals surface area contributed by atoms with Gasteiger partial charge in [-0.05, 0) is 44.0 Å². The van der Waals surface area contributed by atoms with Crippen LogP contribution in [0.4, 0.5) is 0 Å². The van der Waals surface area contributed by atoms with E-state index in [0.717, 1.165) is 22.9 Å². The first-order valence-corrected chi connectivity index (χ1v) is 10.7. The molecule has 2 aliphatic rings. The Bertz CT molecular complexity index is 812. The van der Waals surface area contributed by atoms with Gasteiger partial charge in [-0.15, -0.1) is 0 Å². The van der Waals surface area contributed by atoms with E-state index in [1.165, 1.54) is 0 Å². The second-order valence-electron chi connectivity index (χ2n) is 5.02. The summed E-state index contributed by atoms with van der Waals surface area (Å²) in [6.45, 7) is 0.156. The summed E-state index contributed by atoms with van der Waals surface area (Å²) in [6.07, 6.45) is 5.59. The van der Waals surface area contributed by atoms with Crippen LogP contribution in [0, 0.1) is 0 Å². The second kappa shape index (κ2) is 8.45. The highest BCUT2D eigenvalue weighted by Gasteiger charge is 2.24. The van der Waals surface area contributed by atoms with Gasteiger partial charge in [0.25, 0.3) is 5.91 Å². The smallest absolute Gasteiger partial charge is 0.260 e. The van der Waals surface area contributed by atoms with Gasteiger partial charge in [0.05, 0.1) is 4.91 Å². The summed E-state index contributed by atoms with van der Waals surface area (Å²) in [5.74, 6) is 0.346. The van der Waals surface area contributed by atoms with Crippen molar-refractivity contribution in [3.63, 3.8) is 0 Å². The molecule has 0 spiro atoms. The molecule has 0 bridgehead atoms. The molecule has 130 valence electrons. The highest BCUT2D eigenvalue weighted by atomic mass is 127. The van der Waals surface area contributed by atoms with Crippen molar-refractivity contribution in [3.05, 3.63) is 56.5 Å². The molecule has 3 N–H and O–H groups in total. The van der Waals surface area contributed by atoms with E-state index in [4.69, 9.17) is 9.94 Å². The van der Waals surface area contributed by atoms with E-state index in [1.807, 2.05) is 24.3 Å². The van der Waals surface area contributed by atoms with E-state index in [0.29, 0.717) is 16.4 Å². The molecule has 8 heteroatoms. The van der Waals surface area contributed by atoms with Crippen LogP contribution in [-0.2, 0) is 4.79 Å². The lowest BCUT2D eigenvalue weighted by molar-refractivity contribution is -0.117. The first-order valence-electron chi connectivity index (χ1n) is 7.29. The van der Waals surface area contributed by atoms with Gasteiger partial charge in [0.1, 0.15) is 18.1 Å². The van der Waals surface area contributed by atoms with Crippen LogP contribution in [-0.4, -0.2) is 38.1 Å². The Kier molecular flexibility index (Phi) is 6.05. The third-order valence-corrected chi connectivity index (χ3v) is 5.80. The van der Waals surface area contributed by atoms with Crippen LogP contribution >= 0.6 is 32.5 Å². The van der Waals surface area contributed by atoms with E-state index in [2.05, 4.69) is 18.6 Å². The molecule has 0 radical (unpaired) electrons. The number of nitrogens with zero attached hydrogens (tertiary/aromatic N) is 1. The lowest BCUT2D eigenvalue weighted by Crippen LogP contribution is -2.23. The number of rotatable bonds is 5. The molecule has 1 aromatic carbocycles. The average Bonchev–Trinajstić information content (AvgIpc) is 2.95. The Morgan fingerprint density at radius 1 is 1.40 bits per heavy atom. The summed E-state index contributed by atoms with van der Waals surface area (Å²) in [5, 5.41) is 24.3. The molecule has 1 aromatic rings. The van der Waals surface area contributed by atoms with Crippen LogP contribution in [0.2, 0.25) is 0 Å². The summed E-state index contributed by atoms with van der Waals surface area (Å²) in [7, 11) is 0. The number of allylic oxidation sites excluding steroid dienone is 2. The molecule has 2 aliphatic heterocycles. The van der Waals surface area contributed by atoms with Crippen molar-refractivity contribution >= 4 is 54.2 Å². The highest BCUT2D eigenvalue weighted by molar-refractivity contribution is 14.2. The van der Waals surface area contributed by atoms with Crippen LogP contribution in [0.5, 0.6) is 5.75 Å². The van der Waals surface area contributed by atoms with Gasteiger partial charge >= 0.3 is 0 Å². The van der Waals surface area contributed by atoms with Gasteiger partial charge in [0, 0.05) is 5.57 Å². The maximum absolute atomic E-state index is 11.6. The normalized spacial score (nSPS) is 21.7. The van der Waals surface area contributed by atoms with Crippen molar-refractivity contribution in [1.82, 2.24) is 5.32 Å². The van der Waals surface area contributed by atoms with Gasteiger partial charge in [0.2, 0.25) is 0 Å². The number of carbonyl (C=O) groups is 1. The van der Waals surface area contributed by atoms with Crippen LogP contribution in [0.25, 0.3) is 6.08 Å². The highest BCUT2D eigenvalue weighted by Crippen LogP contribution is 2.28. The zero-order valence-electron chi connectivity index (χ0n) is 12.9. The van der Waals surface area contributed by atoms with Crippen molar-refractivity contribution in [2.45, 2.75) is 5.56 Å². The second-order valence-corrected chi connectivity index (χ2v) is 8.30. The molecular weight excluding hydrogens is 455 g/mol. The largest absolute Gasteiger partial charge is 0.487 e. The first-order chi connectivity index (χ1) is 12.2. The van der Waals surface area contributed by atoms with Crippen molar-refractivity contribution in [1.29, 1.82) is 0 Å². The minimum absolute atomic E-state index is 0.0248. The van der Waals surface area contributed by atoms with E-state index in [-0.39, 0.29) is 33.2 Å². The molecule has 0 saturated carbocycles. The molecule has 1 atom stereocenters. The summed E-state index contributed by atoms with van der Waals surface area (Å²) in [5.41, 5.74) is 1.25. The zero-order valence-corrected chi connectivity index (χ0v) is 15.9. The minimum atomic E-state index is -0.889. The molecular formula is C17H15IN2O4S. The number of aliphatic hydroxyl groups is 1. The van der Waals surface area contributed by atoms with Crippen LogP contribution in [0.15, 0.2) is 56.1 Å².